The van der Waals surface area contributed by atoms with Crippen LogP contribution in [0.1, 0.15) is 22.5 Å². The molecule has 3 fully saturated rings. The van der Waals surface area contributed by atoms with Crippen molar-refractivity contribution in [1.82, 2.24) is 14.6 Å². The Hall–Kier alpha value is -1.76. The number of amides is 1. The number of piperidine rings is 1. The Bertz CT molecular complexity index is 800. The van der Waals surface area contributed by atoms with E-state index in [1.807, 2.05) is 36.4 Å². The average molecular weight is 369 g/mol. The number of nitrogens with zero attached hydrogens (tertiary/aromatic N) is 2. The van der Waals surface area contributed by atoms with E-state index in [1.54, 1.807) is 0 Å². The number of carbonyl (C=O) groups excluding carboxylic acids is 1. The highest BCUT2D eigenvalue weighted by Gasteiger charge is 2.56. The molecule has 1 aromatic heterocycles. The van der Waals surface area contributed by atoms with Gasteiger partial charge in [-0.15, -0.1) is 0 Å². The molecule has 6 heteroatoms. The second kappa shape index (κ2) is 6.44. The van der Waals surface area contributed by atoms with Crippen LogP contribution in [0.4, 0.5) is 0 Å². The maximum absolute atomic E-state index is 13.3. The number of hydrogen-bond acceptors (Lipinski definition) is 5. The van der Waals surface area contributed by atoms with Gasteiger partial charge < -0.3 is 15.0 Å². The number of hydrogen-bond donors (Lipinski definition) is 1. The fraction of sp³-hybridized carbons (Fsp3) is 0.500. The molecule has 3 aliphatic heterocycles. The number of likely N-dealkylation sites (tertiary alicyclic amines) is 1. The molecular formula is C20H23N3O2S. The molecule has 1 amide bonds. The molecule has 0 aliphatic carbocycles. The molecule has 0 radical (unpaired) electrons. The highest BCUT2D eigenvalue weighted by Crippen LogP contribution is 2.49. The summed E-state index contributed by atoms with van der Waals surface area (Å²) in [6.07, 6.45) is 2.28. The molecule has 2 atom stereocenters. The molecule has 5 rings (SSSR count). The van der Waals surface area contributed by atoms with Crippen molar-refractivity contribution in [2.75, 3.05) is 32.8 Å². The quantitative estimate of drug-likeness (QED) is 0.884. The number of rotatable bonds is 2. The Morgan fingerprint density at radius 1 is 1.23 bits per heavy atom. The van der Waals surface area contributed by atoms with Crippen molar-refractivity contribution in [3.05, 3.63) is 41.3 Å². The average Bonchev–Trinajstić information content (AvgIpc) is 3.41. The lowest BCUT2D eigenvalue weighted by Gasteiger charge is -2.37. The van der Waals surface area contributed by atoms with E-state index in [2.05, 4.69) is 14.6 Å². The first-order valence-corrected chi connectivity index (χ1v) is 10.2. The lowest BCUT2D eigenvalue weighted by atomic mass is 9.70. The third-order valence-corrected chi connectivity index (χ3v) is 7.15. The lowest BCUT2D eigenvalue weighted by Crippen LogP contribution is -2.43. The molecule has 0 unspecified atom stereocenters. The zero-order valence-corrected chi connectivity index (χ0v) is 15.5. The van der Waals surface area contributed by atoms with Crippen LogP contribution in [0.2, 0.25) is 0 Å². The molecule has 1 spiro atoms. The Balaban J connectivity index is 1.41. The van der Waals surface area contributed by atoms with E-state index in [-0.39, 0.29) is 17.4 Å². The molecule has 136 valence electrons. The Morgan fingerprint density at radius 2 is 2.04 bits per heavy atom. The predicted molar refractivity (Wildman–Crippen MR) is 101 cm³/mol. The number of fused-ring (bicyclic) bond motifs is 2. The maximum Gasteiger partial charge on any atom is 0.265 e. The molecule has 2 aromatic rings. The van der Waals surface area contributed by atoms with Crippen molar-refractivity contribution >= 4 is 17.4 Å². The van der Waals surface area contributed by atoms with Crippen LogP contribution < -0.4 is 5.32 Å². The van der Waals surface area contributed by atoms with Gasteiger partial charge >= 0.3 is 0 Å². The molecule has 5 nitrogen and oxygen atoms in total. The summed E-state index contributed by atoms with van der Waals surface area (Å²) >= 11 is 1.31. The van der Waals surface area contributed by atoms with Gasteiger partial charge in [-0.3, -0.25) is 4.79 Å². The maximum atomic E-state index is 13.3. The first kappa shape index (κ1) is 16.4. The number of ether oxygens (including phenoxy) is 1. The van der Waals surface area contributed by atoms with Gasteiger partial charge in [0, 0.05) is 18.0 Å². The van der Waals surface area contributed by atoms with Crippen LogP contribution in [0, 0.1) is 11.3 Å². The summed E-state index contributed by atoms with van der Waals surface area (Å²) in [5.74, 6) is 0.607. The summed E-state index contributed by atoms with van der Waals surface area (Å²) in [5.41, 5.74) is 2.17. The van der Waals surface area contributed by atoms with Crippen LogP contribution in [-0.4, -0.2) is 54.1 Å². The molecule has 26 heavy (non-hydrogen) atoms. The normalized spacial score (nSPS) is 27.0. The van der Waals surface area contributed by atoms with Crippen LogP contribution in [0.5, 0.6) is 0 Å². The molecule has 3 saturated heterocycles. The van der Waals surface area contributed by atoms with Crippen molar-refractivity contribution in [2.24, 2.45) is 11.3 Å². The summed E-state index contributed by atoms with van der Waals surface area (Å²) < 4.78 is 10.3. The third kappa shape index (κ3) is 2.59. The summed E-state index contributed by atoms with van der Waals surface area (Å²) in [6.45, 7) is 4.43. The van der Waals surface area contributed by atoms with Crippen molar-refractivity contribution < 1.29 is 9.53 Å². The number of carbonyl (C=O) groups is 1. The van der Waals surface area contributed by atoms with E-state index in [0.29, 0.717) is 12.5 Å². The fourth-order valence-electron chi connectivity index (χ4n) is 4.95. The monoisotopic (exact) mass is 369 g/mol. The van der Waals surface area contributed by atoms with E-state index in [9.17, 15) is 4.79 Å². The SMILES string of the molecule is O=C(c1cc(-c2ccccc2)ns1)N1CC2(CCNCC2)[C@@H]2COC[C@@H]21. The summed E-state index contributed by atoms with van der Waals surface area (Å²) in [4.78, 5) is 16.1. The lowest BCUT2D eigenvalue weighted by molar-refractivity contribution is 0.0611. The van der Waals surface area contributed by atoms with Gasteiger partial charge in [-0.05, 0) is 48.9 Å². The van der Waals surface area contributed by atoms with Crippen LogP contribution in [0.3, 0.4) is 0 Å². The summed E-state index contributed by atoms with van der Waals surface area (Å²) in [6, 6.07) is 12.2. The van der Waals surface area contributed by atoms with Gasteiger partial charge in [-0.2, -0.15) is 4.37 Å². The summed E-state index contributed by atoms with van der Waals surface area (Å²) in [5, 5.41) is 3.46. The van der Waals surface area contributed by atoms with Gasteiger partial charge in [-0.1, -0.05) is 30.3 Å². The fourth-order valence-corrected chi connectivity index (χ4v) is 5.66. The van der Waals surface area contributed by atoms with Crippen molar-refractivity contribution in [1.29, 1.82) is 0 Å². The van der Waals surface area contributed by atoms with Gasteiger partial charge in [0.05, 0.1) is 24.9 Å². The second-order valence-electron chi connectivity index (χ2n) is 7.70. The molecule has 1 N–H and O–H groups in total. The van der Waals surface area contributed by atoms with Crippen LogP contribution in [0.15, 0.2) is 36.4 Å². The Kier molecular flexibility index (Phi) is 4.07. The number of aromatic nitrogens is 1. The molecule has 0 saturated carbocycles. The number of benzene rings is 1. The van der Waals surface area contributed by atoms with Gasteiger partial charge in [-0.25, -0.2) is 0 Å². The highest BCUT2D eigenvalue weighted by atomic mass is 32.1. The predicted octanol–water partition coefficient (Wildman–Crippen LogP) is 2.65. The minimum Gasteiger partial charge on any atom is -0.379 e. The zero-order chi connectivity index (χ0) is 17.6. The van der Waals surface area contributed by atoms with Crippen LogP contribution >= 0.6 is 11.5 Å². The first-order valence-electron chi connectivity index (χ1n) is 9.38. The molecule has 3 aliphatic rings. The van der Waals surface area contributed by atoms with Gasteiger partial charge in [0.15, 0.2) is 0 Å². The topological polar surface area (TPSA) is 54.5 Å². The van der Waals surface area contributed by atoms with E-state index in [4.69, 9.17) is 4.74 Å². The highest BCUT2D eigenvalue weighted by molar-refractivity contribution is 7.08. The van der Waals surface area contributed by atoms with E-state index >= 15 is 0 Å². The van der Waals surface area contributed by atoms with E-state index in [1.165, 1.54) is 11.5 Å². The van der Waals surface area contributed by atoms with E-state index in [0.717, 1.165) is 55.2 Å². The molecule has 1 aromatic carbocycles. The third-order valence-electron chi connectivity index (χ3n) is 6.37. The van der Waals surface area contributed by atoms with Crippen molar-refractivity contribution in [2.45, 2.75) is 18.9 Å². The largest absolute Gasteiger partial charge is 0.379 e. The van der Waals surface area contributed by atoms with Gasteiger partial charge in [0.2, 0.25) is 0 Å². The molecular weight excluding hydrogens is 346 g/mol. The van der Waals surface area contributed by atoms with Gasteiger partial charge in [0.1, 0.15) is 4.88 Å². The Labute approximate surface area is 157 Å². The van der Waals surface area contributed by atoms with Crippen LogP contribution in [-0.2, 0) is 4.74 Å². The minimum absolute atomic E-state index is 0.126. The molecule has 4 heterocycles. The number of nitrogens with one attached hydrogen (secondary N) is 1. The Morgan fingerprint density at radius 3 is 2.85 bits per heavy atom. The second-order valence-corrected chi connectivity index (χ2v) is 8.50. The first-order chi connectivity index (χ1) is 12.8. The van der Waals surface area contributed by atoms with Crippen LogP contribution in [0.25, 0.3) is 11.3 Å². The summed E-state index contributed by atoms with van der Waals surface area (Å²) in [7, 11) is 0. The van der Waals surface area contributed by atoms with Crippen molar-refractivity contribution in [3.8, 4) is 11.3 Å². The minimum atomic E-state index is 0.126. The molecule has 0 bridgehead atoms. The van der Waals surface area contributed by atoms with E-state index < -0.39 is 0 Å². The van der Waals surface area contributed by atoms with Crippen molar-refractivity contribution in [3.63, 3.8) is 0 Å². The van der Waals surface area contributed by atoms with Gasteiger partial charge in [0.25, 0.3) is 5.91 Å². The smallest absolute Gasteiger partial charge is 0.265 e. The standard InChI is InChI=1S/C20H23N3O2S/c24-19(18-10-16(22-26-18)14-4-2-1-3-5-14)23-13-20(6-8-21-9-7-20)15-11-25-12-17(15)23/h1-5,10,15,17,21H,6-9,11-13H2/t15-,17+/m1/s1. The zero-order valence-electron chi connectivity index (χ0n) is 14.7.